The zero-order valence-electron chi connectivity index (χ0n) is 16.7. The van der Waals surface area contributed by atoms with Gasteiger partial charge in [0.2, 0.25) is 11.8 Å². The number of amides is 2. The third-order valence-corrected chi connectivity index (χ3v) is 4.84. The molecule has 1 aliphatic heterocycles. The van der Waals surface area contributed by atoms with Gasteiger partial charge in [0.05, 0.1) is 20.2 Å². The molecule has 0 saturated carbocycles. The number of carbonyl (C=O) groups is 2. The highest BCUT2D eigenvalue weighted by atomic mass is 16.5. The average molecular weight is 377 g/mol. The van der Waals surface area contributed by atoms with Gasteiger partial charge in [0.15, 0.2) is 0 Å². The first-order valence-electron chi connectivity index (χ1n) is 9.63. The maximum atomic E-state index is 12.2. The third-order valence-electron chi connectivity index (χ3n) is 4.84. The second-order valence-corrected chi connectivity index (χ2v) is 7.06. The van der Waals surface area contributed by atoms with Gasteiger partial charge in [-0.05, 0) is 31.0 Å². The third kappa shape index (κ3) is 7.56. The maximum absolute atomic E-state index is 12.2. The van der Waals surface area contributed by atoms with Crippen molar-refractivity contribution < 1.29 is 14.3 Å². The lowest BCUT2D eigenvalue weighted by Crippen LogP contribution is -2.52. The molecule has 2 rings (SSSR count). The fourth-order valence-corrected chi connectivity index (χ4v) is 2.97. The van der Waals surface area contributed by atoms with Crippen LogP contribution in [0.4, 0.5) is 0 Å². The van der Waals surface area contributed by atoms with Crippen LogP contribution in [0.5, 0.6) is 5.75 Å². The summed E-state index contributed by atoms with van der Waals surface area (Å²) in [6, 6.07) is 7.90. The van der Waals surface area contributed by atoms with E-state index in [9.17, 15) is 9.59 Å². The fourth-order valence-electron chi connectivity index (χ4n) is 2.97. The predicted molar refractivity (Wildman–Crippen MR) is 106 cm³/mol. The first-order chi connectivity index (χ1) is 13.0. The number of carbonyl (C=O) groups excluding carboxylic acids is 2. The van der Waals surface area contributed by atoms with Crippen LogP contribution in [0.1, 0.15) is 25.8 Å². The van der Waals surface area contributed by atoms with Crippen LogP contribution in [0, 0.1) is 0 Å². The quantitative estimate of drug-likeness (QED) is 0.668. The topological polar surface area (TPSA) is 73.9 Å². The molecule has 150 valence electrons. The van der Waals surface area contributed by atoms with E-state index in [1.807, 2.05) is 31.2 Å². The highest BCUT2D eigenvalue weighted by Crippen LogP contribution is 2.12. The van der Waals surface area contributed by atoms with E-state index in [0.717, 1.165) is 43.9 Å². The van der Waals surface area contributed by atoms with E-state index >= 15 is 0 Å². The summed E-state index contributed by atoms with van der Waals surface area (Å²) in [4.78, 5) is 28.4. The average Bonchev–Trinajstić information content (AvgIpc) is 2.68. The molecule has 1 unspecified atom stereocenters. The van der Waals surface area contributed by atoms with Crippen molar-refractivity contribution in [1.82, 2.24) is 20.4 Å². The number of benzene rings is 1. The number of piperazine rings is 1. The minimum absolute atomic E-state index is 0.0146. The van der Waals surface area contributed by atoms with E-state index in [2.05, 4.69) is 27.4 Å². The number of rotatable bonds is 9. The highest BCUT2D eigenvalue weighted by molar-refractivity contribution is 5.78. The number of nitrogens with one attached hydrogen (secondary N) is 2. The molecule has 0 spiro atoms. The van der Waals surface area contributed by atoms with Gasteiger partial charge < -0.3 is 15.4 Å². The van der Waals surface area contributed by atoms with Crippen LogP contribution in [-0.4, -0.2) is 74.0 Å². The van der Waals surface area contributed by atoms with Crippen LogP contribution in [0.2, 0.25) is 0 Å². The van der Waals surface area contributed by atoms with E-state index in [1.54, 1.807) is 7.11 Å². The van der Waals surface area contributed by atoms with Crippen molar-refractivity contribution >= 4 is 11.8 Å². The summed E-state index contributed by atoms with van der Waals surface area (Å²) in [5.41, 5.74) is 1.01. The van der Waals surface area contributed by atoms with Crippen molar-refractivity contribution in [3.8, 4) is 5.75 Å². The van der Waals surface area contributed by atoms with Gasteiger partial charge in [-0.15, -0.1) is 0 Å². The molecule has 0 aromatic heterocycles. The molecule has 1 heterocycles. The minimum Gasteiger partial charge on any atom is -0.497 e. The first-order valence-corrected chi connectivity index (χ1v) is 9.63. The van der Waals surface area contributed by atoms with Crippen LogP contribution < -0.4 is 15.4 Å². The molecule has 27 heavy (non-hydrogen) atoms. The molecule has 1 aromatic carbocycles. The monoisotopic (exact) mass is 376 g/mol. The van der Waals surface area contributed by atoms with Crippen LogP contribution in [0.3, 0.4) is 0 Å². The molecule has 1 aliphatic rings. The van der Waals surface area contributed by atoms with E-state index in [1.165, 1.54) is 0 Å². The molecule has 7 nitrogen and oxygen atoms in total. The number of methoxy groups -OCH3 is 1. The van der Waals surface area contributed by atoms with Gasteiger partial charge in [-0.1, -0.05) is 19.1 Å². The molecular formula is C20H32N4O3. The molecule has 1 fully saturated rings. The Morgan fingerprint density at radius 3 is 2.33 bits per heavy atom. The molecular weight excluding hydrogens is 344 g/mol. The molecule has 7 heteroatoms. The summed E-state index contributed by atoms with van der Waals surface area (Å²) in [5, 5.41) is 5.95. The van der Waals surface area contributed by atoms with Gasteiger partial charge in [0, 0.05) is 38.8 Å². The van der Waals surface area contributed by atoms with Crippen LogP contribution in [0.25, 0.3) is 0 Å². The van der Waals surface area contributed by atoms with Gasteiger partial charge in [-0.2, -0.15) is 0 Å². The molecule has 1 atom stereocenters. The number of ether oxygens (including phenoxy) is 1. The summed E-state index contributed by atoms with van der Waals surface area (Å²) < 4.78 is 5.19. The number of nitrogens with zero attached hydrogens (tertiary/aromatic N) is 2. The number of hydrogen-bond acceptors (Lipinski definition) is 5. The lowest BCUT2D eigenvalue weighted by atomic mass is 10.2. The summed E-state index contributed by atoms with van der Waals surface area (Å²) in [7, 11) is 1.63. The molecule has 0 radical (unpaired) electrons. The van der Waals surface area contributed by atoms with Crippen molar-refractivity contribution in [3.63, 3.8) is 0 Å². The Balaban J connectivity index is 1.66. The Labute approximate surface area is 162 Å². The van der Waals surface area contributed by atoms with E-state index < -0.39 is 0 Å². The second-order valence-electron chi connectivity index (χ2n) is 7.06. The molecule has 2 N–H and O–H groups in total. The highest BCUT2D eigenvalue weighted by Gasteiger charge is 2.20. The lowest BCUT2D eigenvalue weighted by molar-refractivity contribution is -0.125. The Kier molecular flexibility index (Phi) is 8.54. The van der Waals surface area contributed by atoms with Crippen molar-refractivity contribution in [1.29, 1.82) is 0 Å². The summed E-state index contributed by atoms with van der Waals surface area (Å²) in [6.45, 7) is 8.58. The van der Waals surface area contributed by atoms with Crippen LogP contribution in [0.15, 0.2) is 24.3 Å². The minimum atomic E-state index is 0.0146. The molecule has 0 bridgehead atoms. The summed E-state index contributed by atoms with van der Waals surface area (Å²) in [5.74, 6) is 0.879. The molecule has 1 saturated heterocycles. The zero-order chi connectivity index (χ0) is 19.6. The summed E-state index contributed by atoms with van der Waals surface area (Å²) >= 11 is 0. The van der Waals surface area contributed by atoms with Crippen LogP contribution >= 0.6 is 0 Å². The van der Waals surface area contributed by atoms with E-state index in [0.29, 0.717) is 19.6 Å². The molecule has 0 aliphatic carbocycles. The van der Waals surface area contributed by atoms with Crippen LogP contribution in [-0.2, 0) is 16.1 Å². The normalized spacial score (nSPS) is 16.6. The van der Waals surface area contributed by atoms with E-state index in [-0.39, 0.29) is 17.9 Å². The van der Waals surface area contributed by atoms with Crippen molar-refractivity contribution in [3.05, 3.63) is 29.8 Å². The van der Waals surface area contributed by atoms with Crippen molar-refractivity contribution in [2.24, 2.45) is 0 Å². The second kappa shape index (κ2) is 10.9. The fraction of sp³-hybridized carbons (Fsp3) is 0.600. The van der Waals surface area contributed by atoms with Crippen molar-refractivity contribution in [2.75, 3.05) is 46.4 Å². The molecule has 2 amide bonds. The van der Waals surface area contributed by atoms with Gasteiger partial charge in [0.1, 0.15) is 5.75 Å². The zero-order valence-corrected chi connectivity index (χ0v) is 16.7. The predicted octanol–water partition coefficient (Wildman–Crippen LogP) is 0.844. The van der Waals surface area contributed by atoms with Gasteiger partial charge in [-0.25, -0.2) is 0 Å². The Morgan fingerprint density at radius 2 is 1.74 bits per heavy atom. The van der Waals surface area contributed by atoms with Crippen molar-refractivity contribution in [2.45, 2.75) is 32.9 Å². The maximum Gasteiger partial charge on any atom is 0.234 e. The first kappa shape index (κ1) is 21.2. The largest absolute Gasteiger partial charge is 0.497 e. The van der Waals surface area contributed by atoms with E-state index in [4.69, 9.17) is 4.74 Å². The van der Waals surface area contributed by atoms with Gasteiger partial charge in [-0.3, -0.25) is 19.4 Å². The Bertz CT molecular complexity index is 615. The standard InChI is InChI=1S/C20H32N4O3/c1-4-16(2)22-20(26)15-24-10-8-23(9-11-24)14-19(25)21-13-17-6-5-7-18(12-17)27-3/h5-7,12,16H,4,8-11,13-15H2,1-3H3,(H,21,25)(H,22,26). The summed E-state index contributed by atoms with van der Waals surface area (Å²) in [6.07, 6.45) is 0.935. The van der Waals surface area contributed by atoms with Gasteiger partial charge >= 0.3 is 0 Å². The smallest absolute Gasteiger partial charge is 0.234 e. The Morgan fingerprint density at radius 1 is 1.11 bits per heavy atom. The van der Waals surface area contributed by atoms with Gasteiger partial charge in [0.25, 0.3) is 0 Å². The number of hydrogen-bond donors (Lipinski definition) is 2. The Hall–Kier alpha value is -2.12. The lowest BCUT2D eigenvalue weighted by Gasteiger charge is -2.34. The SMILES string of the molecule is CCC(C)NC(=O)CN1CCN(CC(=O)NCc2cccc(OC)c2)CC1. The molecule has 1 aromatic rings.